The second kappa shape index (κ2) is 6.22. The van der Waals surface area contributed by atoms with Crippen LogP contribution in [0.1, 0.15) is 30.9 Å². The van der Waals surface area contributed by atoms with Crippen molar-refractivity contribution in [3.8, 4) is 5.75 Å². The number of benzene rings is 1. The molecule has 0 aliphatic carbocycles. The quantitative estimate of drug-likeness (QED) is 0.830. The highest BCUT2D eigenvalue weighted by Gasteiger charge is 2.24. The van der Waals surface area contributed by atoms with Crippen molar-refractivity contribution in [2.45, 2.75) is 39.0 Å². The topological polar surface area (TPSA) is 68.0 Å². The van der Waals surface area contributed by atoms with Gasteiger partial charge in [0.1, 0.15) is 5.75 Å². The minimum absolute atomic E-state index is 0.201. The van der Waals surface area contributed by atoms with Gasteiger partial charge in [0.15, 0.2) is 6.79 Å². The SMILES string of the molecule is CC(O)C1CCN(Cc2cc(N)cc3c2OCOC3)CC1. The average molecular weight is 292 g/mol. The molecular formula is C16H24N2O3. The van der Waals surface area contributed by atoms with E-state index in [0.29, 0.717) is 19.3 Å². The monoisotopic (exact) mass is 292 g/mol. The van der Waals surface area contributed by atoms with E-state index in [-0.39, 0.29) is 6.10 Å². The molecule has 3 rings (SSSR count). The van der Waals surface area contributed by atoms with E-state index >= 15 is 0 Å². The Bertz CT molecular complexity index is 497. The zero-order valence-corrected chi connectivity index (χ0v) is 12.5. The van der Waals surface area contributed by atoms with Crippen LogP contribution in [-0.2, 0) is 17.9 Å². The first-order valence-electron chi connectivity index (χ1n) is 7.65. The van der Waals surface area contributed by atoms with Crippen LogP contribution in [0.15, 0.2) is 12.1 Å². The number of rotatable bonds is 3. The Balaban J connectivity index is 1.70. The van der Waals surface area contributed by atoms with Gasteiger partial charge in [-0.1, -0.05) is 0 Å². The lowest BCUT2D eigenvalue weighted by Gasteiger charge is -2.34. The smallest absolute Gasteiger partial charge is 0.189 e. The summed E-state index contributed by atoms with van der Waals surface area (Å²) >= 11 is 0. The first kappa shape index (κ1) is 14.6. The first-order chi connectivity index (χ1) is 10.1. The number of aliphatic hydroxyl groups excluding tert-OH is 1. The van der Waals surface area contributed by atoms with Crippen molar-refractivity contribution in [2.75, 3.05) is 25.6 Å². The summed E-state index contributed by atoms with van der Waals surface area (Å²) in [6.45, 7) is 5.64. The van der Waals surface area contributed by atoms with E-state index in [9.17, 15) is 5.11 Å². The fraction of sp³-hybridized carbons (Fsp3) is 0.625. The van der Waals surface area contributed by atoms with Gasteiger partial charge in [-0.2, -0.15) is 0 Å². The Morgan fingerprint density at radius 2 is 2.14 bits per heavy atom. The predicted molar refractivity (Wildman–Crippen MR) is 80.8 cm³/mol. The van der Waals surface area contributed by atoms with Gasteiger partial charge in [0, 0.05) is 23.4 Å². The molecule has 1 unspecified atom stereocenters. The van der Waals surface area contributed by atoms with Gasteiger partial charge in [0.25, 0.3) is 0 Å². The van der Waals surface area contributed by atoms with Crippen molar-refractivity contribution < 1.29 is 14.6 Å². The summed E-state index contributed by atoms with van der Waals surface area (Å²) in [5, 5.41) is 9.68. The molecule has 3 N–H and O–H groups in total. The predicted octanol–water partition coefficient (Wildman–Crippen LogP) is 1.73. The molecular weight excluding hydrogens is 268 g/mol. The fourth-order valence-electron chi connectivity index (χ4n) is 3.28. The van der Waals surface area contributed by atoms with Crippen LogP contribution in [-0.4, -0.2) is 36.0 Å². The van der Waals surface area contributed by atoms with Gasteiger partial charge in [0.05, 0.1) is 12.7 Å². The molecule has 2 aliphatic heterocycles. The molecule has 1 atom stereocenters. The number of likely N-dealkylation sites (tertiary alicyclic amines) is 1. The van der Waals surface area contributed by atoms with Gasteiger partial charge < -0.3 is 20.3 Å². The van der Waals surface area contributed by atoms with Gasteiger partial charge in [-0.15, -0.1) is 0 Å². The third kappa shape index (κ3) is 3.31. The lowest BCUT2D eigenvalue weighted by atomic mass is 9.92. The average Bonchev–Trinajstić information content (AvgIpc) is 2.47. The van der Waals surface area contributed by atoms with Gasteiger partial charge in [-0.05, 0) is 50.9 Å². The number of aliphatic hydroxyl groups is 1. The Morgan fingerprint density at radius 1 is 1.38 bits per heavy atom. The number of ether oxygens (including phenoxy) is 2. The summed E-state index contributed by atoms with van der Waals surface area (Å²) in [6.07, 6.45) is 1.89. The molecule has 1 aromatic rings. The minimum Gasteiger partial charge on any atom is -0.467 e. The van der Waals surface area contributed by atoms with Gasteiger partial charge in [0.2, 0.25) is 0 Å². The molecule has 1 fully saturated rings. The lowest BCUT2D eigenvalue weighted by molar-refractivity contribution is -0.0176. The van der Waals surface area contributed by atoms with Crippen molar-refractivity contribution in [3.05, 3.63) is 23.3 Å². The number of nitrogen functional groups attached to an aromatic ring is 1. The molecule has 21 heavy (non-hydrogen) atoms. The molecule has 5 nitrogen and oxygen atoms in total. The molecule has 0 bridgehead atoms. The van der Waals surface area contributed by atoms with Crippen LogP contribution >= 0.6 is 0 Å². The van der Waals surface area contributed by atoms with E-state index in [2.05, 4.69) is 4.90 Å². The molecule has 5 heteroatoms. The molecule has 0 saturated carbocycles. The number of nitrogens with zero attached hydrogens (tertiary/aromatic N) is 1. The molecule has 0 aromatic heterocycles. The molecule has 0 radical (unpaired) electrons. The number of nitrogens with two attached hydrogens (primary N) is 1. The Morgan fingerprint density at radius 3 is 2.86 bits per heavy atom. The zero-order valence-electron chi connectivity index (χ0n) is 12.5. The maximum absolute atomic E-state index is 9.68. The second-order valence-corrected chi connectivity index (χ2v) is 6.13. The van der Waals surface area contributed by atoms with Crippen LogP contribution < -0.4 is 10.5 Å². The van der Waals surface area contributed by atoms with Crippen LogP contribution in [0.4, 0.5) is 5.69 Å². The highest BCUT2D eigenvalue weighted by molar-refractivity contribution is 5.53. The largest absolute Gasteiger partial charge is 0.467 e. The summed E-state index contributed by atoms with van der Waals surface area (Å²) in [6, 6.07) is 3.93. The summed E-state index contributed by atoms with van der Waals surface area (Å²) < 4.78 is 11.0. The van der Waals surface area contributed by atoms with E-state index in [1.54, 1.807) is 0 Å². The van der Waals surface area contributed by atoms with Crippen molar-refractivity contribution >= 4 is 5.69 Å². The number of piperidine rings is 1. The van der Waals surface area contributed by atoms with E-state index in [1.807, 2.05) is 19.1 Å². The second-order valence-electron chi connectivity index (χ2n) is 6.13. The van der Waals surface area contributed by atoms with Crippen molar-refractivity contribution in [3.63, 3.8) is 0 Å². The highest BCUT2D eigenvalue weighted by atomic mass is 16.7. The third-order valence-corrected chi connectivity index (χ3v) is 4.52. The standard InChI is InChI=1S/C16H24N2O3/c1-11(19)12-2-4-18(5-3-12)8-13-6-15(17)7-14-9-20-10-21-16(13)14/h6-7,11-12,19H,2-5,8-10,17H2,1H3. The zero-order chi connectivity index (χ0) is 14.8. The Labute approximate surface area is 125 Å². The molecule has 0 spiro atoms. The lowest BCUT2D eigenvalue weighted by Crippen LogP contribution is -2.36. The molecule has 0 amide bonds. The van der Waals surface area contributed by atoms with Crippen LogP contribution in [0.5, 0.6) is 5.75 Å². The summed E-state index contributed by atoms with van der Waals surface area (Å²) in [5.74, 6) is 1.37. The molecule has 2 aliphatic rings. The number of anilines is 1. The van der Waals surface area contributed by atoms with Gasteiger partial charge in [-0.25, -0.2) is 0 Å². The third-order valence-electron chi connectivity index (χ3n) is 4.52. The number of fused-ring (bicyclic) bond motifs is 1. The maximum atomic E-state index is 9.68. The van der Waals surface area contributed by atoms with Crippen molar-refractivity contribution in [1.82, 2.24) is 4.90 Å². The van der Waals surface area contributed by atoms with Crippen LogP contribution in [0.3, 0.4) is 0 Å². The Hall–Kier alpha value is -1.30. The maximum Gasteiger partial charge on any atom is 0.189 e. The van der Waals surface area contributed by atoms with E-state index < -0.39 is 0 Å². The summed E-state index contributed by atoms with van der Waals surface area (Å²) in [5.41, 5.74) is 8.93. The number of hydrogen-bond acceptors (Lipinski definition) is 5. The van der Waals surface area contributed by atoms with Crippen LogP contribution in [0.25, 0.3) is 0 Å². The summed E-state index contributed by atoms with van der Waals surface area (Å²) in [4.78, 5) is 2.41. The molecule has 116 valence electrons. The summed E-state index contributed by atoms with van der Waals surface area (Å²) in [7, 11) is 0. The van der Waals surface area contributed by atoms with E-state index in [1.165, 1.54) is 0 Å². The van der Waals surface area contributed by atoms with Crippen molar-refractivity contribution in [1.29, 1.82) is 0 Å². The molecule has 1 aromatic carbocycles. The van der Waals surface area contributed by atoms with E-state index in [0.717, 1.165) is 55.0 Å². The van der Waals surface area contributed by atoms with Crippen molar-refractivity contribution in [2.24, 2.45) is 5.92 Å². The normalized spacial score (nSPS) is 21.6. The highest BCUT2D eigenvalue weighted by Crippen LogP contribution is 2.32. The van der Waals surface area contributed by atoms with Crippen LogP contribution in [0, 0.1) is 5.92 Å². The Kier molecular flexibility index (Phi) is 4.33. The van der Waals surface area contributed by atoms with Gasteiger partial charge >= 0.3 is 0 Å². The first-order valence-corrected chi connectivity index (χ1v) is 7.65. The number of hydrogen-bond donors (Lipinski definition) is 2. The van der Waals surface area contributed by atoms with Crippen LogP contribution in [0.2, 0.25) is 0 Å². The minimum atomic E-state index is -0.201. The fourth-order valence-corrected chi connectivity index (χ4v) is 3.28. The molecule has 1 saturated heterocycles. The van der Waals surface area contributed by atoms with Gasteiger partial charge in [-0.3, -0.25) is 4.90 Å². The molecule has 2 heterocycles. The van der Waals surface area contributed by atoms with E-state index in [4.69, 9.17) is 15.2 Å².